The lowest BCUT2D eigenvalue weighted by Crippen LogP contribution is -2.40. The molecule has 182 valence electrons. The van der Waals surface area contributed by atoms with Crippen molar-refractivity contribution in [2.75, 3.05) is 24.6 Å². The van der Waals surface area contributed by atoms with Gasteiger partial charge in [-0.3, -0.25) is 4.79 Å². The van der Waals surface area contributed by atoms with E-state index in [9.17, 15) is 4.79 Å². The summed E-state index contributed by atoms with van der Waals surface area (Å²) in [5, 5.41) is 7.76. The highest BCUT2D eigenvalue weighted by Crippen LogP contribution is 2.29. The van der Waals surface area contributed by atoms with Gasteiger partial charge in [0.05, 0.1) is 25.1 Å². The Hall–Kier alpha value is -3.81. The van der Waals surface area contributed by atoms with E-state index < -0.39 is 0 Å². The number of anilines is 1. The van der Waals surface area contributed by atoms with Crippen LogP contribution >= 0.6 is 0 Å². The van der Waals surface area contributed by atoms with E-state index in [0.717, 1.165) is 79.5 Å². The molecule has 1 N–H and O–H groups in total. The van der Waals surface area contributed by atoms with Gasteiger partial charge in [-0.15, -0.1) is 0 Å². The highest BCUT2D eigenvalue weighted by molar-refractivity contribution is 5.79. The molecule has 4 aromatic rings. The average molecular weight is 474 g/mol. The summed E-state index contributed by atoms with van der Waals surface area (Å²) in [7, 11) is 0. The van der Waals surface area contributed by atoms with Crippen molar-refractivity contribution in [2.24, 2.45) is 5.92 Å². The van der Waals surface area contributed by atoms with E-state index in [1.54, 1.807) is 12.5 Å². The molecule has 0 atom stereocenters. The third-order valence-corrected chi connectivity index (χ3v) is 6.47. The Morgan fingerprint density at radius 3 is 2.77 bits per heavy atom. The van der Waals surface area contributed by atoms with Gasteiger partial charge < -0.3 is 19.4 Å². The molecule has 1 aromatic carbocycles. The van der Waals surface area contributed by atoms with Gasteiger partial charge in [0.15, 0.2) is 5.82 Å². The summed E-state index contributed by atoms with van der Waals surface area (Å²) in [5.74, 6) is 2.63. The van der Waals surface area contributed by atoms with Crippen LogP contribution in [0, 0.1) is 5.92 Å². The van der Waals surface area contributed by atoms with Crippen molar-refractivity contribution in [1.29, 1.82) is 0 Å². The second-order valence-corrected chi connectivity index (χ2v) is 8.90. The molecule has 0 bridgehead atoms. The predicted molar refractivity (Wildman–Crippen MR) is 134 cm³/mol. The first-order valence-corrected chi connectivity index (χ1v) is 12.3. The van der Waals surface area contributed by atoms with Crippen molar-refractivity contribution < 1.29 is 13.9 Å². The van der Waals surface area contributed by atoms with E-state index in [-0.39, 0.29) is 11.8 Å². The largest absolute Gasteiger partial charge is 0.494 e. The molecule has 35 heavy (non-hydrogen) atoms. The Morgan fingerprint density at radius 2 is 2.03 bits per heavy atom. The smallest absolute Gasteiger partial charge is 0.223 e. The SMILES string of the molecule is CCCCOc1ccc(-c2cc3c(N4CCC(C(=O)NCc5ccco5)CC4)nccn3n2)cc1. The minimum absolute atomic E-state index is 0.000485. The zero-order valence-corrected chi connectivity index (χ0v) is 20.0. The molecular weight excluding hydrogens is 442 g/mol. The van der Waals surface area contributed by atoms with Crippen LogP contribution in [0.2, 0.25) is 0 Å². The summed E-state index contributed by atoms with van der Waals surface area (Å²) in [6, 6.07) is 13.9. The first-order chi connectivity index (χ1) is 17.2. The fraction of sp³-hybridized carbons (Fsp3) is 0.370. The van der Waals surface area contributed by atoms with Crippen LogP contribution < -0.4 is 15.0 Å². The molecule has 8 nitrogen and oxygen atoms in total. The monoisotopic (exact) mass is 473 g/mol. The van der Waals surface area contributed by atoms with Crippen LogP contribution in [-0.4, -0.2) is 40.2 Å². The number of hydrogen-bond donors (Lipinski definition) is 1. The van der Waals surface area contributed by atoms with Crippen LogP contribution in [0.15, 0.2) is 65.5 Å². The number of carbonyl (C=O) groups is 1. The van der Waals surface area contributed by atoms with Gasteiger partial charge in [0.2, 0.25) is 5.91 Å². The number of aromatic nitrogens is 3. The number of amides is 1. The molecule has 8 heteroatoms. The molecule has 0 saturated carbocycles. The Balaban J connectivity index is 1.24. The summed E-state index contributed by atoms with van der Waals surface area (Å²) in [6.45, 7) is 4.87. The summed E-state index contributed by atoms with van der Waals surface area (Å²) in [6.07, 6.45) is 9.02. The minimum atomic E-state index is -0.000485. The van der Waals surface area contributed by atoms with Crippen LogP contribution in [0.1, 0.15) is 38.4 Å². The minimum Gasteiger partial charge on any atom is -0.494 e. The first kappa shape index (κ1) is 23.0. The number of nitrogens with zero attached hydrogens (tertiary/aromatic N) is 4. The van der Waals surface area contributed by atoms with Crippen LogP contribution in [0.3, 0.4) is 0 Å². The molecule has 1 fully saturated rings. The summed E-state index contributed by atoms with van der Waals surface area (Å²) in [4.78, 5) is 19.5. The lowest BCUT2D eigenvalue weighted by Gasteiger charge is -2.32. The van der Waals surface area contributed by atoms with E-state index in [2.05, 4.69) is 28.2 Å². The number of carbonyl (C=O) groups excluding carboxylic acids is 1. The first-order valence-electron chi connectivity index (χ1n) is 12.3. The number of ether oxygens (including phenoxy) is 1. The number of nitrogens with one attached hydrogen (secondary N) is 1. The van der Waals surface area contributed by atoms with Gasteiger partial charge in [-0.25, -0.2) is 9.50 Å². The van der Waals surface area contributed by atoms with Crippen molar-refractivity contribution in [1.82, 2.24) is 19.9 Å². The van der Waals surface area contributed by atoms with E-state index >= 15 is 0 Å². The van der Waals surface area contributed by atoms with Crippen molar-refractivity contribution in [2.45, 2.75) is 39.2 Å². The fourth-order valence-electron chi connectivity index (χ4n) is 4.43. The number of hydrogen-bond acceptors (Lipinski definition) is 6. The molecule has 0 aliphatic carbocycles. The maximum Gasteiger partial charge on any atom is 0.223 e. The van der Waals surface area contributed by atoms with Crippen LogP contribution in [-0.2, 0) is 11.3 Å². The van der Waals surface area contributed by atoms with Crippen LogP contribution in [0.4, 0.5) is 5.82 Å². The number of rotatable bonds is 9. The maximum absolute atomic E-state index is 12.6. The number of piperidine rings is 1. The van der Waals surface area contributed by atoms with Crippen LogP contribution in [0.5, 0.6) is 5.75 Å². The number of benzene rings is 1. The zero-order valence-electron chi connectivity index (χ0n) is 20.0. The van der Waals surface area contributed by atoms with Gasteiger partial charge in [0.1, 0.15) is 17.0 Å². The van der Waals surface area contributed by atoms with Gasteiger partial charge in [-0.05, 0) is 61.7 Å². The molecule has 0 spiro atoms. The third-order valence-electron chi connectivity index (χ3n) is 6.47. The second kappa shape index (κ2) is 10.6. The van der Waals surface area contributed by atoms with Crippen molar-refractivity contribution >= 4 is 17.2 Å². The lowest BCUT2D eigenvalue weighted by atomic mass is 9.96. The Labute approximate surface area is 204 Å². The Kier molecular flexibility index (Phi) is 6.97. The number of fused-ring (bicyclic) bond motifs is 1. The summed E-state index contributed by atoms with van der Waals surface area (Å²) in [5.41, 5.74) is 2.90. The van der Waals surface area contributed by atoms with Gasteiger partial charge in [0.25, 0.3) is 0 Å². The van der Waals surface area contributed by atoms with Gasteiger partial charge >= 0.3 is 0 Å². The lowest BCUT2D eigenvalue weighted by molar-refractivity contribution is -0.125. The van der Waals surface area contributed by atoms with Crippen molar-refractivity contribution in [3.05, 3.63) is 66.9 Å². The molecule has 1 amide bonds. The molecule has 0 unspecified atom stereocenters. The topological polar surface area (TPSA) is 84.9 Å². The predicted octanol–water partition coefficient (Wildman–Crippen LogP) is 4.70. The Bertz CT molecular complexity index is 1240. The number of unbranched alkanes of at least 4 members (excludes halogenated alkanes) is 1. The normalized spacial score (nSPS) is 14.4. The highest BCUT2D eigenvalue weighted by atomic mass is 16.5. The fourth-order valence-corrected chi connectivity index (χ4v) is 4.43. The molecule has 3 aromatic heterocycles. The van der Waals surface area contributed by atoms with Crippen LogP contribution in [0.25, 0.3) is 16.8 Å². The maximum atomic E-state index is 12.6. The molecule has 5 rings (SSSR count). The molecule has 0 radical (unpaired) electrons. The Morgan fingerprint density at radius 1 is 1.20 bits per heavy atom. The highest BCUT2D eigenvalue weighted by Gasteiger charge is 2.27. The third kappa shape index (κ3) is 5.31. The van der Waals surface area contributed by atoms with E-state index in [4.69, 9.17) is 14.3 Å². The van der Waals surface area contributed by atoms with Gasteiger partial charge in [-0.1, -0.05) is 13.3 Å². The molecule has 4 heterocycles. The standard InChI is InChI=1S/C27H31N5O3/c1-2-3-16-34-22-8-6-20(7-9-22)24-18-25-26(28-12-15-32(25)30-24)31-13-10-21(11-14-31)27(33)29-19-23-5-4-17-35-23/h4-9,12,15,17-18,21H,2-3,10-11,13-14,16,19H2,1H3,(H,29,33). The average Bonchev–Trinajstić information content (AvgIpc) is 3.58. The molecule has 1 aliphatic heterocycles. The van der Waals surface area contributed by atoms with Gasteiger partial charge in [-0.2, -0.15) is 5.10 Å². The van der Waals surface area contributed by atoms with E-state index in [1.165, 1.54) is 0 Å². The summed E-state index contributed by atoms with van der Waals surface area (Å²) < 4.78 is 13.0. The molecular formula is C27H31N5O3. The number of furan rings is 1. The van der Waals surface area contributed by atoms with Gasteiger partial charge in [0, 0.05) is 37.0 Å². The zero-order chi connectivity index (χ0) is 24.0. The molecule has 1 aliphatic rings. The quantitative estimate of drug-likeness (QED) is 0.355. The van der Waals surface area contributed by atoms with Crippen molar-refractivity contribution in [3.63, 3.8) is 0 Å². The molecule has 1 saturated heterocycles. The van der Waals surface area contributed by atoms with E-state index in [0.29, 0.717) is 6.54 Å². The summed E-state index contributed by atoms with van der Waals surface area (Å²) >= 11 is 0. The van der Waals surface area contributed by atoms with Crippen molar-refractivity contribution in [3.8, 4) is 17.0 Å². The second-order valence-electron chi connectivity index (χ2n) is 8.90. The van der Waals surface area contributed by atoms with E-state index in [1.807, 2.05) is 47.1 Å².